The number of sulfone groups is 1. The molecule has 7 nitrogen and oxygen atoms in total. The van der Waals surface area contributed by atoms with E-state index in [9.17, 15) is 18.0 Å². The number of fused-ring (bicyclic) bond motifs is 1. The summed E-state index contributed by atoms with van der Waals surface area (Å²) in [5.74, 6) is -1.37. The highest BCUT2D eigenvalue weighted by Crippen LogP contribution is 2.29. The minimum Gasteiger partial charge on any atom is -0.371 e. The van der Waals surface area contributed by atoms with Crippen LogP contribution < -0.4 is 16.0 Å². The molecule has 9 heteroatoms. The van der Waals surface area contributed by atoms with Crippen LogP contribution in [0.15, 0.2) is 72.8 Å². The normalized spacial score (nSPS) is 15.1. The summed E-state index contributed by atoms with van der Waals surface area (Å²) in [6.45, 7) is 0.482. The molecule has 0 aromatic heterocycles. The molecule has 3 aromatic carbocycles. The molecule has 0 fully saturated rings. The molecule has 0 aliphatic carbocycles. The van der Waals surface area contributed by atoms with E-state index in [1.807, 2.05) is 30.3 Å². The highest BCUT2D eigenvalue weighted by molar-refractivity contribution is 7.90. The van der Waals surface area contributed by atoms with Crippen molar-refractivity contribution in [2.75, 3.05) is 22.9 Å². The van der Waals surface area contributed by atoms with Gasteiger partial charge in [0.25, 0.3) is 5.91 Å². The van der Waals surface area contributed by atoms with Crippen LogP contribution in [0.4, 0.5) is 11.4 Å². The molecule has 2 amide bonds. The van der Waals surface area contributed by atoms with Gasteiger partial charge in [0.2, 0.25) is 5.91 Å². The molecule has 4 rings (SSSR count). The maximum atomic E-state index is 12.7. The number of halogens is 1. The number of rotatable bonds is 8. The van der Waals surface area contributed by atoms with E-state index in [1.54, 1.807) is 42.5 Å². The Morgan fingerprint density at radius 2 is 1.71 bits per heavy atom. The molecule has 0 spiro atoms. The van der Waals surface area contributed by atoms with Gasteiger partial charge in [-0.1, -0.05) is 60.1 Å². The van der Waals surface area contributed by atoms with E-state index in [1.165, 1.54) is 0 Å². The van der Waals surface area contributed by atoms with Crippen molar-refractivity contribution in [1.82, 2.24) is 5.32 Å². The van der Waals surface area contributed by atoms with Gasteiger partial charge in [-0.05, 0) is 41.8 Å². The minimum atomic E-state index is -3.62. The first-order valence-electron chi connectivity index (χ1n) is 10.8. The Morgan fingerprint density at radius 3 is 2.47 bits per heavy atom. The van der Waals surface area contributed by atoms with Crippen LogP contribution in [0.5, 0.6) is 0 Å². The second-order valence-corrected chi connectivity index (χ2v) is 10.6. The summed E-state index contributed by atoms with van der Waals surface area (Å²) in [6.07, 6.45) is 0.708. The molecule has 34 heavy (non-hydrogen) atoms. The molecule has 0 radical (unpaired) electrons. The Labute approximate surface area is 203 Å². The Balaban J connectivity index is 1.38. The second kappa shape index (κ2) is 10.3. The van der Waals surface area contributed by atoms with Crippen molar-refractivity contribution in [3.63, 3.8) is 0 Å². The molecule has 3 aromatic rings. The van der Waals surface area contributed by atoms with Crippen LogP contribution in [0.1, 0.15) is 21.5 Å². The smallest absolute Gasteiger partial charge is 0.251 e. The summed E-state index contributed by atoms with van der Waals surface area (Å²) in [6, 6.07) is 20.5. The zero-order valence-corrected chi connectivity index (χ0v) is 19.8. The van der Waals surface area contributed by atoms with Crippen LogP contribution in [0, 0.1) is 0 Å². The first kappa shape index (κ1) is 23.8. The molecule has 1 aliphatic heterocycles. The number of benzene rings is 3. The van der Waals surface area contributed by atoms with Crippen LogP contribution in [0.3, 0.4) is 0 Å². The first-order chi connectivity index (χ1) is 16.3. The van der Waals surface area contributed by atoms with Crippen molar-refractivity contribution in [2.24, 2.45) is 0 Å². The standard InChI is InChI=1S/C25H24ClN3O4S/c26-20-9-5-4-8-19(20)15-34(32,33)16-23-25(31)29-22-14-18(10-11-21(22)28-23)24(30)27-13-12-17-6-2-1-3-7-17/h1-11,14,23,28H,12-13,15-16H2,(H,27,30)(H,29,31). The summed E-state index contributed by atoms with van der Waals surface area (Å²) in [5, 5.41) is 8.93. The summed E-state index contributed by atoms with van der Waals surface area (Å²) in [7, 11) is -3.62. The van der Waals surface area contributed by atoms with Gasteiger partial charge in [0, 0.05) is 17.1 Å². The monoisotopic (exact) mass is 497 g/mol. The molecule has 0 saturated heterocycles. The van der Waals surface area contributed by atoms with E-state index in [0.29, 0.717) is 40.5 Å². The Bertz CT molecular complexity index is 1310. The fraction of sp³-hybridized carbons (Fsp3) is 0.200. The zero-order valence-electron chi connectivity index (χ0n) is 18.3. The number of hydrogen-bond acceptors (Lipinski definition) is 5. The summed E-state index contributed by atoms with van der Waals surface area (Å²) < 4.78 is 25.4. The van der Waals surface area contributed by atoms with Crippen molar-refractivity contribution in [3.8, 4) is 0 Å². The minimum absolute atomic E-state index is 0.252. The number of carbonyl (C=O) groups is 2. The van der Waals surface area contributed by atoms with Crippen molar-refractivity contribution in [3.05, 3.63) is 94.5 Å². The van der Waals surface area contributed by atoms with Crippen molar-refractivity contribution >= 4 is 44.6 Å². The first-order valence-corrected chi connectivity index (χ1v) is 13.0. The molecular formula is C25H24ClN3O4S. The van der Waals surface area contributed by atoms with Gasteiger partial charge in [-0.15, -0.1) is 0 Å². The van der Waals surface area contributed by atoms with Gasteiger partial charge in [-0.3, -0.25) is 9.59 Å². The Morgan fingerprint density at radius 1 is 0.971 bits per heavy atom. The lowest BCUT2D eigenvalue weighted by molar-refractivity contribution is -0.116. The van der Waals surface area contributed by atoms with E-state index in [4.69, 9.17) is 11.6 Å². The number of carbonyl (C=O) groups excluding carboxylic acids is 2. The van der Waals surface area contributed by atoms with Gasteiger partial charge in [0.15, 0.2) is 9.84 Å². The molecule has 176 valence electrons. The fourth-order valence-electron chi connectivity index (χ4n) is 3.74. The van der Waals surface area contributed by atoms with Crippen LogP contribution in [0.2, 0.25) is 5.02 Å². The van der Waals surface area contributed by atoms with Crippen LogP contribution in [-0.2, 0) is 26.8 Å². The van der Waals surface area contributed by atoms with Crippen LogP contribution in [-0.4, -0.2) is 38.6 Å². The van der Waals surface area contributed by atoms with Gasteiger partial charge in [0.1, 0.15) is 6.04 Å². The van der Waals surface area contributed by atoms with Gasteiger partial charge in [-0.25, -0.2) is 8.42 Å². The molecule has 0 saturated carbocycles. The number of nitrogens with one attached hydrogen (secondary N) is 3. The quantitative estimate of drug-likeness (QED) is 0.440. The molecule has 0 bridgehead atoms. The van der Waals surface area contributed by atoms with E-state index < -0.39 is 21.8 Å². The van der Waals surface area contributed by atoms with E-state index in [2.05, 4.69) is 16.0 Å². The molecule has 3 N–H and O–H groups in total. The van der Waals surface area contributed by atoms with Gasteiger partial charge < -0.3 is 16.0 Å². The summed E-state index contributed by atoms with van der Waals surface area (Å²) in [4.78, 5) is 25.1. The predicted octanol–water partition coefficient (Wildman–Crippen LogP) is 3.66. The lowest BCUT2D eigenvalue weighted by atomic mass is 10.1. The van der Waals surface area contributed by atoms with E-state index >= 15 is 0 Å². The lowest BCUT2D eigenvalue weighted by Gasteiger charge is -2.27. The second-order valence-electron chi connectivity index (χ2n) is 8.08. The average molecular weight is 498 g/mol. The molecule has 1 unspecified atom stereocenters. The third kappa shape index (κ3) is 5.95. The molecule has 1 atom stereocenters. The van der Waals surface area contributed by atoms with Gasteiger partial charge in [0.05, 0.1) is 22.9 Å². The molecular weight excluding hydrogens is 474 g/mol. The maximum Gasteiger partial charge on any atom is 0.251 e. The number of amides is 2. The van der Waals surface area contributed by atoms with Crippen molar-refractivity contribution in [1.29, 1.82) is 0 Å². The average Bonchev–Trinajstić information content (AvgIpc) is 2.81. The Kier molecular flexibility index (Phi) is 7.19. The SMILES string of the molecule is O=C(NCCc1ccccc1)c1ccc2c(c1)NC(=O)C(CS(=O)(=O)Cc1ccccc1Cl)N2. The maximum absolute atomic E-state index is 12.7. The Hall–Kier alpha value is -3.36. The summed E-state index contributed by atoms with van der Waals surface area (Å²) >= 11 is 6.08. The molecule has 1 aliphatic rings. The topological polar surface area (TPSA) is 104 Å². The third-order valence-electron chi connectivity index (χ3n) is 5.48. The highest BCUT2D eigenvalue weighted by Gasteiger charge is 2.31. The van der Waals surface area contributed by atoms with Crippen molar-refractivity contribution < 1.29 is 18.0 Å². The fourth-order valence-corrected chi connectivity index (χ4v) is 5.61. The van der Waals surface area contributed by atoms with E-state index in [0.717, 1.165) is 5.56 Å². The van der Waals surface area contributed by atoms with Gasteiger partial charge in [-0.2, -0.15) is 0 Å². The molecule has 1 heterocycles. The predicted molar refractivity (Wildman–Crippen MR) is 134 cm³/mol. The number of hydrogen-bond donors (Lipinski definition) is 3. The number of anilines is 2. The largest absolute Gasteiger partial charge is 0.371 e. The van der Waals surface area contributed by atoms with Crippen LogP contribution in [0.25, 0.3) is 0 Å². The lowest BCUT2D eigenvalue weighted by Crippen LogP contribution is -2.43. The zero-order chi connectivity index (χ0) is 24.1. The summed E-state index contributed by atoms with van der Waals surface area (Å²) in [5.41, 5.74) is 3.00. The van der Waals surface area contributed by atoms with Crippen LogP contribution >= 0.6 is 11.6 Å². The highest BCUT2D eigenvalue weighted by atomic mass is 35.5. The van der Waals surface area contributed by atoms with E-state index in [-0.39, 0.29) is 17.4 Å². The van der Waals surface area contributed by atoms with Gasteiger partial charge >= 0.3 is 0 Å². The third-order valence-corrected chi connectivity index (χ3v) is 7.44. The van der Waals surface area contributed by atoms with Crippen molar-refractivity contribution in [2.45, 2.75) is 18.2 Å².